The number of methoxy groups -OCH3 is 1. The Morgan fingerprint density at radius 1 is 1.00 bits per heavy atom. The van der Waals surface area contributed by atoms with E-state index in [0.717, 1.165) is 0 Å². The van der Waals surface area contributed by atoms with Crippen molar-refractivity contribution >= 4 is 35.0 Å². The van der Waals surface area contributed by atoms with Gasteiger partial charge in [0.2, 0.25) is 0 Å². The molecule has 42 heavy (non-hydrogen) atoms. The molecule has 5 amide bonds. The summed E-state index contributed by atoms with van der Waals surface area (Å²) in [6.45, 7) is 8.10. The van der Waals surface area contributed by atoms with Gasteiger partial charge in [-0.3, -0.25) is 4.79 Å². The van der Waals surface area contributed by atoms with Crippen LogP contribution in [0.2, 0.25) is 0 Å². The zero-order valence-corrected chi connectivity index (χ0v) is 24.8. The number of carbonyl (C=O) groups is 3. The van der Waals surface area contributed by atoms with Gasteiger partial charge in [-0.15, -0.1) is 0 Å². The van der Waals surface area contributed by atoms with Crippen LogP contribution in [0.1, 0.15) is 35.7 Å². The fourth-order valence-electron chi connectivity index (χ4n) is 4.79. The number of likely N-dealkylation sites (N-methyl/N-ethyl adjacent to an activating group) is 1. The molecule has 12 nitrogen and oxygen atoms in total. The van der Waals surface area contributed by atoms with Gasteiger partial charge in [-0.1, -0.05) is 30.3 Å². The van der Waals surface area contributed by atoms with E-state index in [0.29, 0.717) is 40.8 Å². The Morgan fingerprint density at radius 3 is 2.38 bits per heavy atom. The van der Waals surface area contributed by atoms with Crippen molar-refractivity contribution in [3.05, 3.63) is 65.5 Å². The van der Waals surface area contributed by atoms with E-state index in [1.54, 1.807) is 68.1 Å². The molecule has 1 aliphatic heterocycles. The molecule has 0 fully saturated rings. The van der Waals surface area contributed by atoms with E-state index >= 15 is 0 Å². The molecule has 1 aromatic heterocycles. The quantitative estimate of drug-likeness (QED) is 0.397. The van der Waals surface area contributed by atoms with Crippen LogP contribution >= 0.6 is 0 Å². The highest BCUT2D eigenvalue weighted by Crippen LogP contribution is 2.27. The lowest BCUT2D eigenvalue weighted by molar-refractivity contribution is 0.0174. The number of anilines is 3. The van der Waals surface area contributed by atoms with Crippen molar-refractivity contribution in [1.82, 2.24) is 15.0 Å². The molecular formula is C30H38N6O6. The van der Waals surface area contributed by atoms with Gasteiger partial charge in [-0.05, 0) is 51.1 Å². The zero-order chi connectivity index (χ0) is 30.4. The number of fused-ring (bicyclic) bond motifs is 1. The molecule has 0 saturated heterocycles. The number of para-hydroxylation sites is 1. The van der Waals surface area contributed by atoms with E-state index in [4.69, 9.17) is 14.0 Å². The van der Waals surface area contributed by atoms with Crippen LogP contribution in [0, 0.1) is 19.8 Å². The third-order valence-electron chi connectivity index (χ3n) is 7.26. The van der Waals surface area contributed by atoms with E-state index in [2.05, 4.69) is 21.1 Å². The van der Waals surface area contributed by atoms with Gasteiger partial charge in [0.15, 0.2) is 5.76 Å². The van der Waals surface area contributed by atoms with Gasteiger partial charge in [0, 0.05) is 44.5 Å². The average Bonchev–Trinajstić information content (AvgIpc) is 3.29. The molecule has 0 aliphatic carbocycles. The fourth-order valence-corrected chi connectivity index (χ4v) is 4.79. The van der Waals surface area contributed by atoms with E-state index in [9.17, 15) is 14.4 Å². The molecule has 0 radical (unpaired) electrons. The number of aryl methyl sites for hydroxylation is 2. The van der Waals surface area contributed by atoms with Crippen molar-refractivity contribution in [2.45, 2.75) is 39.8 Å². The topological polar surface area (TPSA) is 138 Å². The first-order chi connectivity index (χ1) is 20.1. The number of urea groups is 2. The number of ether oxygens (including phenoxy) is 2. The van der Waals surface area contributed by atoms with Gasteiger partial charge in [-0.25, -0.2) is 9.59 Å². The molecule has 0 spiro atoms. The summed E-state index contributed by atoms with van der Waals surface area (Å²) in [6, 6.07) is 12.8. The molecule has 0 saturated carbocycles. The maximum Gasteiger partial charge on any atom is 0.323 e. The van der Waals surface area contributed by atoms with Crippen LogP contribution < -0.4 is 20.7 Å². The molecule has 0 unspecified atom stereocenters. The van der Waals surface area contributed by atoms with Crippen LogP contribution in [0.15, 0.2) is 53.1 Å². The summed E-state index contributed by atoms with van der Waals surface area (Å²) in [5.74, 6) is 0.434. The highest BCUT2D eigenvalue weighted by atomic mass is 16.5. The van der Waals surface area contributed by atoms with Crippen LogP contribution in [-0.2, 0) is 4.74 Å². The van der Waals surface area contributed by atoms with Crippen LogP contribution in [0.3, 0.4) is 0 Å². The first-order valence-electron chi connectivity index (χ1n) is 13.8. The predicted molar refractivity (Wildman–Crippen MR) is 159 cm³/mol. The molecule has 12 heteroatoms. The van der Waals surface area contributed by atoms with Gasteiger partial charge in [0.1, 0.15) is 23.7 Å². The molecule has 3 atom stereocenters. The maximum absolute atomic E-state index is 13.6. The van der Waals surface area contributed by atoms with Crippen molar-refractivity contribution < 1.29 is 28.4 Å². The number of amides is 5. The number of hydrogen-bond acceptors (Lipinski definition) is 7. The van der Waals surface area contributed by atoms with Gasteiger partial charge < -0.3 is 39.7 Å². The van der Waals surface area contributed by atoms with Gasteiger partial charge in [0.05, 0.1) is 17.7 Å². The third-order valence-corrected chi connectivity index (χ3v) is 7.26. The Labute approximate surface area is 245 Å². The second kappa shape index (κ2) is 13.4. The first-order valence-corrected chi connectivity index (χ1v) is 13.8. The summed E-state index contributed by atoms with van der Waals surface area (Å²) in [5, 5.41) is 12.4. The third kappa shape index (κ3) is 7.19. The number of nitrogens with zero attached hydrogens (tertiary/aromatic N) is 3. The molecule has 4 rings (SSSR count). The van der Waals surface area contributed by atoms with Crippen molar-refractivity contribution in [3.8, 4) is 5.75 Å². The number of nitrogens with one attached hydrogen (secondary N) is 3. The monoisotopic (exact) mass is 578 g/mol. The Kier molecular flexibility index (Phi) is 9.68. The van der Waals surface area contributed by atoms with Crippen molar-refractivity contribution in [2.24, 2.45) is 5.92 Å². The maximum atomic E-state index is 13.6. The lowest BCUT2D eigenvalue weighted by atomic mass is 10.0. The minimum atomic E-state index is -0.446. The lowest BCUT2D eigenvalue weighted by Gasteiger charge is -2.36. The lowest BCUT2D eigenvalue weighted by Crippen LogP contribution is -2.50. The van der Waals surface area contributed by atoms with Gasteiger partial charge in [-0.2, -0.15) is 0 Å². The standard InChI is InChI=1S/C30H38N6O6/c1-18-15-36(30(39)33-27-20(3)34-42-21(27)4)19(2)17-41-25-13-12-23(32-29(38)31-22-10-8-7-9-11-22)14-24(25)28(37)35(5)16-26(18)40-6/h7-14,18-19,26H,15-17H2,1-6H3,(H,33,39)(H2,31,32,38)/t18-,19-,26-/m1/s1. The van der Waals surface area contributed by atoms with E-state index in [1.807, 2.05) is 32.0 Å². The molecule has 3 N–H and O–H groups in total. The van der Waals surface area contributed by atoms with Crippen LogP contribution in [0.5, 0.6) is 5.75 Å². The van der Waals surface area contributed by atoms with Gasteiger partial charge in [0.25, 0.3) is 5.91 Å². The number of aromatic nitrogens is 1. The van der Waals surface area contributed by atoms with E-state index < -0.39 is 6.03 Å². The van der Waals surface area contributed by atoms with Crippen molar-refractivity contribution in [3.63, 3.8) is 0 Å². The summed E-state index contributed by atoms with van der Waals surface area (Å²) in [5.41, 5.74) is 2.44. The Bertz CT molecular complexity index is 1390. The van der Waals surface area contributed by atoms with Crippen molar-refractivity contribution in [2.75, 3.05) is 49.8 Å². The van der Waals surface area contributed by atoms with Crippen LogP contribution in [0.25, 0.3) is 0 Å². The largest absolute Gasteiger partial charge is 0.491 e. The molecule has 224 valence electrons. The molecule has 2 heterocycles. The molecule has 1 aliphatic rings. The van der Waals surface area contributed by atoms with Crippen LogP contribution in [0.4, 0.5) is 26.7 Å². The predicted octanol–water partition coefficient (Wildman–Crippen LogP) is 4.97. The summed E-state index contributed by atoms with van der Waals surface area (Å²) in [4.78, 5) is 43.0. The summed E-state index contributed by atoms with van der Waals surface area (Å²) in [7, 11) is 3.27. The number of benzene rings is 2. The first kappa shape index (κ1) is 30.4. The Balaban J connectivity index is 1.60. The Morgan fingerprint density at radius 2 is 1.71 bits per heavy atom. The SMILES string of the molecule is CO[C@@H]1CN(C)C(=O)c2cc(NC(=O)Nc3ccccc3)ccc2OC[C@@H](C)N(C(=O)Nc2c(C)noc2C)C[C@H]1C. The Hall–Kier alpha value is -4.58. The number of hydrogen-bond donors (Lipinski definition) is 3. The summed E-state index contributed by atoms with van der Waals surface area (Å²) in [6.07, 6.45) is -0.359. The zero-order valence-electron chi connectivity index (χ0n) is 24.8. The minimum absolute atomic E-state index is 0.116. The number of rotatable bonds is 4. The highest BCUT2D eigenvalue weighted by molar-refractivity contribution is 6.02. The van der Waals surface area contributed by atoms with Gasteiger partial charge >= 0.3 is 12.1 Å². The highest BCUT2D eigenvalue weighted by Gasteiger charge is 2.31. The van der Waals surface area contributed by atoms with Crippen LogP contribution in [-0.4, -0.2) is 78.9 Å². The number of carbonyl (C=O) groups excluding carboxylic acids is 3. The molecular weight excluding hydrogens is 540 g/mol. The second-order valence-electron chi connectivity index (χ2n) is 10.5. The van der Waals surface area contributed by atoms with E-state index in [-0.39, 0.29) is 48.7 Å². The molecule has 2 aromatic carbocycles. The minimum Gasteiger partial charge on any atom is -0.491 e. The second-order valence-corrected chi connectivity index (χ2v) is 10.5. The molecule has 3 aromatic rings. The smallest absolute Gasteiger partial charge is 0.323 e. The molecule has 0 bridgehead atoms. The van der Waals surface area contributed by atoms with Crippen molar-refractivity contribution in [1.29, 1.82) is 0 Å². The summed E-state index contributed by atoms with van der Waals surface area (Å²) >= 11 is 0. The summed E-state index contributed by atoms with van der Waals surface area (Å²) < 4.78 is 17.1. The average molecular weight is 579 g/mol. The fraction of sp³-hybridized carbons (Fsp3) is 0.400. The van der Waals surface area contributed by atoms with E-state index in [1.165, 1.54) is 0 Å². The normalized spacial score (nSPS) is 19.6.